The zero-order chi connectivity index (χ0) is 13.5. The zero-order valence-corrected chi connectivity index (χ0v) is 10.4. The third-order valence-electron chi connectivity index (χ3n) is 2.49. The molecule has 0 unspecified atom stereocenters. The Labute approximate surface area is 110 Å². The van der Waals surface area contributed by atoms with E-state index in [1.807, 2.05) is 0 Å². The van der Waals surface area contributed by atoms with Crippen molar-refractivity contribution in [2.24, 2.45) is 0 Å². The number of aryl methyl sites for hydroxylation is 1. The highest BCUT2D eigenvalue weighted by Crippen LogP contribution is 2.09. The first-order valence-electron chi connectivity index (χ1n) is 5.98. The smallest absolute Gasteiger partial charge is 0.319 e. The molecule has 0 aliphatic rings. The van der Waals surface area contributed by atoms with E-state index >= 15 is 0 Å². The van der Waals surface area contributed by atoms with Crippen LogP contribution in [0, 0.1) is 0 Å². The number of benzene rings is 1. The van der Waals surface area contributed by atoms with Crippen molar-refractivity contribution in [2.75, 3.05) is 17.6 Å². The predicted molar refractivity (Wildman–Crippen MR) is 72.5 cm³/mol. The normalized spacial score (nSPS) is 10.1. The van der Waals surface area contributed by atoms with E-state index in [2.05, 4.69) is 20.9 Å². The van der Waals surface area contributed by atoms with Crippen LogP contribution < -0.4 is 16.4 Å². The van der Waals surface area contributed by atoms with Gasteiger partial charge >= 0.3 is 6.03 Å². The fourth-order valence-corrected chi connectivity index (χ4v) is 1.54. The van der Waals surface area contributed by atoms with E-state index in [9.17, 15) is 4.79 Å². The summed E-state index contributed by atoms with van der Waals surface area (Å²) in [6.07, 6.45) is 4.20. The second kappa shape index (κ2) is 6.39. The van der Waals surface area contributed by atoms with Gasteiger partial charge in [-0.1, -0.05) is 5.21 Å². The van der Waals surface area contributed by atoms with Crippen LogP contribution >= 0.6 is 0 Å². The molecule has 2 amide bonds. The SMILES string of the molecule is Nc1ccc(NC(=O)NCCCn2ccnn2)cc1. The van der Waals surface area contributed by atoms with Gasteiger partial charge in [0.15, 0.2) is 0 Å². The lowest BCUT2D eigenvalue weighted by atomic mass is 10.3. The summed E-state index contributed by atoms with van der Waals surface area (Å²) in [5, 5.41) is 13.0. The van der Waals surface area contributed by atoms with Crippen LogP contribution in [0.4, 0.5) is 16.2 Å². The Morgan fingerprint density at radius 1 is 1.32 bits per heavy atom. The third-order valence-corrected chi connectivity index (χ3v) is 2.49. The number of nitrogens with one attached hydrogen (secondary N) is 2. The molecule has 19 heavy (non-hydrogen) atoms. The van der Waals surface area contributed by atoms with E-state index < -0.39 is 0 Å². The third kappa shape index (κ3) is 4.30. The summed E-state index contributed by atoms with van der Waals surface area (Å²) in [5.41, 5.74) is 6.94. The van der Waals surface area contributed by atoms with Gasteiger partial charge in [0, 0.05) is 30.7 Å². The summed E-state index contributed by atoms with van der Waals surface area (Å²) in [6.45, 7) is 1.29. The Kier molecular flexibility index (Phi) is 4.33. The molecular formula is C12H16N6O. The van der Waals surface area contributed by atoms with Crippen LogP contribution in [-0.2, 0) is 6.54 Å². The van der Waals surface area contributed by atoms with Gasteiger partial charge < -0.3 is 16.4 Å². The molecule has 0 aliphatic heterocycles. The van der Waals surface area contributed by atoms with Crippen LogP contribution in [0.1, 0.15) is 6.42 Å². The van der Waals surface area contributed by atoms with Gasteiger partial charge in [-0.2, -0.15) is 0 Å². The number of urea groups is 1. The van der Waals surface area contributed by atoms with Crippen molar-refractivity contribution in [2.45, 2.75) is 13.0 Å². The molecule has 0 spiro atoms. The van der Waals surface area contributed by atoms with Gasteiger partial charge in [0.1, 0.15) is 0 Å². The molecule has 0 saturated carbocycles. The molecular weight excluding hydrogens is 244 g/mol. The van der Waals surface area contributed by atoms with Gasteiger partial charge in [0.2, 0.25) is 0 Å². The van der Waals surface area contributed by atoms with Gasteiger partial charge in [-0.25, -0.2) is 4.79 Å². The fourth-order valence-electron chi connectivity index (χ4n) is 1.54. The summed E-state index contributed by atoms with van der Waals surface area (Å²) < 4.78 is 1.72. The maximum absolute atomic E-state index is 11.6. The van der Waals surface area contributed by atoms with Crippen LogP contribution in [0.15, 0.2) is 36.7 Å². The van der Waals surface area contributed by atoms with E-state index in [0.29, 0.717) is 17.9 Å². The lowest BCUT2D eigenvalue weighted by molar-refractivity contribution is 0.251. The van der Waals surface area contributed by atoms with Gasteiger partial charge in [0.25, 0.3) is 0 Å². The molecule has 100 valence electrons. The minimum Gasteiger partial charge on any atom is -0.399 e. The number of carbonyl (C=O) groups excluding carboxylic acids is 1. The summed E-state index contributed by atoms with van der Waals surface area (Å²) in [4.78, 5) is 11.6. The van der Waals surface area contributed by atoms with Crippen LogP contribution in [0.2, 0.25) is 0 Å². The molecule has 1 aromatic carbocycles. The second-order valence-electron chi connectivity index (χ2n) is 4.02. The molecule has 0 radical (unpaired) electrons. The van der Waals surface area contributed by atoms with Crippen molar-refractivity contribution in [3.63, 3.8) is 0 Å². The van der Waals surface area contributed by atoms with Gasteiger partial charge in [-0.3, -0.25) is 4.68 Å². The van der Waals surface area contributed by atoms with Crippen molar-refractivity contribution < 1.29 is 4.79 Å². The largest absolute Gasteiger partial charge is 0.399 e. The first kappa shape index (κ1) is 12.9. The molecule has 0 fully saturated rings. The maximum atomic E-state index is 11.6. The topological polar surface area (TPSA) is 97.9 Å². The molecule has 0 saturated heterocycles. The Hall–Kier alpha value is -2.57. The van der Waals surface area contributed by atoms with Gasteiger partial charge in [0.05, 0.1) is 6.20 Å². The number of hydrogen-bond donors (Lipinski definition) is 3. The number of nitrogens with two attached hydrogens (primary N) is 1. The molecule has 1 aromatic heterocycles. The maximum Gasteiger partial charge on any atom is 0.319 e. The van der Waals surface area contributed by atoms with Crippen LogP contribution in [0.5, 0.6) is 0 Å². The van der Waals surface area contributed by atoms with Gasteiger partial charge in [-0.15, -0.1) is 5.10 Å². The molecule has 0 aliphatic carbocycles. The lowest BCUT2D eigenvalue weighted by Gasteiger charge is -2.07. The minimum absolute atomic E-state index is 0.233. The minimum atomic E-state index is -0.233. The quantitative estimate of drug-likeness (QED) is 0.553. The summed E-state index contributed by atoms with van der Waals surface area (Å²) in [5.74, 6) is 0. The zero-order valence-electron chi connectivity index (χ0n) is 10.4. The molecule has 1 heterocycles. The van der Waals surface area contributed by atoms with E-state index in [1.54, 1.807) is 41.3 Å². The van der Waals surface area contributed by atoms with Crippen LogP contribution in [0.25, 0.3) is 0 Å². The molecule has 7 nitrogen and oxygen atoms in total. The highest BCUT2D eigenvalue weighted by Gasteiger charge is 2.00. The molecule has 2 aromatic rings. The van der Waals surface area contributed by atoms with Crippen molar-refractivity contribution in [3.8, 4) is 0 Å². The number of carbonyl (C=O) groups is 1. The predicted octanol–water partition coefficient (Wildman–Crippen LogP) is 1.07. The standard InChI is InChI=1S/C12H16N6O/c13-10-2-4-11(5-3-10)16-12(19)14-6-1-8-18-9-7-15-17-18/h2-5,7,9H,1,6,8,13H2,(H2,14,16,19). The molecule has 2 rings (SSSR count). The van der Waals surface area contributed by atoms with E-state index in [-0.39, 0.29) is 6.03 Å². The van der Waals surface area contributed by atoms with Crippen molar-refractivity contribution in [3.05, 3.63) is 36.7 Å². The van der Waals surface area contributed by atoms with Gasteiger partial charge in [-0.05, 0) is 30.7 Å². The number of nitrogens with zero attached hydrogens (tertiary/aromatic N) is 3. The molecule has 0 atom stereocenters. The Morgan fingerprint density at radius 2 is 2.11 bits per heavy atom. The monoisotopic (exact) mass is 260 g/mol. The average molecular weight is 260 g/mol. The van der Waals surface area contributed by atoms with Crippen molar-refractivity contribution in [1.29, 1.82) is 0 Å². The first-order chi connectivity index (χ1) is 9.24. The number of hydrogen-bond acceptors (Lipinski definition) is 4. The average Bonchev–Trinajstić information content (AvgIpc) is 2.91. The summed E-state index contributed by atoms with van der Waals surface area (Å²) in [6, 6.07) is 6.75. The number of anilines is 2. The van der Waals surface area contributed by atoms with Crippen molar-refractivity contribution in [1.82, 2.24) is 20.3 Å². The number of aromatic nitrogens is 3. The van der Waals surface area contributed by atoms with Crippen molar-refractivity contribution >= 4 is 17.4 Å². The number of amides is 2. The Bertz CT molecular complexity index is 508. The summed E-state index contributed by atoms with van der Waals surface area (Å²) in [7, 11) is 0. The van der Waals surface area contributed by atoms with E-state index in [1.165, 1.54) is 0 Å². The Balaban J connectivity index is 1.65. The van der Waals surface area contributed by atoms with Crippen LogP contribution in [-0.4, -0.2) is 27.6 Å². The highest BCUT2D eigenvalue weighted by atomic mass is 16.2. The highest BCUT2D eigenvalue weighted by molar-refractivity contribution is 5.89. The summed E-state index contributed by atoms with van der Waals surface area (Å²) >= 11 is 0. The lowest BCUT2D eigenvalue weighted by Crippen LogP contribution is -2.30. The first-order valence-corrected chi connectivity index (χ1v) is 5.98. The molecule has 0 bridgehead atoms. The second-order valence-corrected chi connectivity index (χ2v) is 4.02. The molecule has 7 heteroatoms. The number of nitrogen functional groups attached to an aromatic ring is 1. The molecule has 4 N–H and O–H groups in total. The van der Waals surface area contributed by atoms with E-state index in [0.717, 1.165) is 13.0 Å². The Morgan fingerprint density at radius 3 is 2.79 bits per heavy atom. The fraction of sp³-hybridized carbons (Fsp3) is 0.250. The number of rotatable bonds is 5. The van der Waals surface area contributed by atoms with E-state index in [4.69, 9.17) is 5.73 Å². The van der Waals surface area contributed by atoms with Crippen LogP contribution in [0.3, 0.4) is 0 Å².